The Morgan fingerprint density at radius 3 is 2.67 bits per heavy atom. The lowest BCUT2D eigenvalue weighted by Gasteiger charge is -2.14. The van der Waals surface area contributed by atoms with Crippen molar-refractivity contribution in [2.75, 3.05) is 6.61 Å². The Labute approximate surface area is 196 Å². The number of aromatic nitrogens is 1. The summed E-state index contributed by atoms with van der Waals surface area (Å²) in [6.07, 6.45) is 1.91. The van der Waals surface area contributed by atoms with Crippen molar-refractivity contribution in [3.8, 4) is 16.2 Å². The zero-order valence-electron chi connectivity index (χ0n) is 18.3. The molecule has 2 atom stereocenters. The maximum atomic E-state index is 12.2. The van der Waals surface area contributed by atoms with E-state index in [0.717, 1.165) is 40.1 Å². The molecule has 2 aromatic carbocycles. The summed E-state index contributed by atoms with van der Waals surface area (Å²) in [4.78, 5) is 29.6. The SMILES string of the molecule is Cc1ncsc1-c1ccc([C@@H](N)CC(=O)NNC(=O)COc2ccc3c(c2)[C@H](N)CC3)cc1. The van der Waals surface area contributed by atoms with Crippen LogP contribution in [-0.2, 0) is 16.0 Å². The maximum Gasteiger partial charge on any atom is 0.276 e. The van der Waals surface area contributed by atoms with E-state index in [-0.39, 0.29) is 25.0 Å². The van der Waals surface area contributed by atoms with E-state index in [0.29, 0.717) is 5.75 Å². The van der Waals surface area contributed by atoms with Gasteiger partial charge in [0.25, 0.3) is 5.91 Å². The molecule has 3 aromatic rings. The fourth-order valence-electron chi connectivity index (χ4n) is 3.86. The van der Waals surface area contributed by atoms with Gasteiger partial charge in [-0.05, 0) is 54.2 Å². The molecule has 0 unspecified atom stereocenters. The van der Waals surface area contributed by atoms with Crippen molar-refractivity contribution in [2.45, 2.75) is 38.3 Å². The highest BCUT2D eigenvalue weighted by Gasteiger charge is 2.19. The number of hydrogen-bond donors (Lipinski definition) is 4. The monoisotopic (exact) mass is 465 g/mol. The van der Waals surface area contributed by atoms with Crippen molar-refractivity contribution in [1.82, 2.24) is 15.8 Å². The lowest BCUT2D eigenvalue weighted by Crippen LogP contribution is -2.44. The first-order valence-corrected chi connectivity index (χ1v) is 11.6. The van der Waals surface area contributed by atoms with Crippen LogP contribution in [0.3, 0.4) is 0 Å². The molecule has 1 aliphatic rings. The highest BCUT2D eigenvalue weighted by Crippen LogP contribution is 2.32. The number of hydrogen-bond acceptors (Lipinski definition) is 7. The molecule has 0 bridgehead atoms. The molecule has 0 aliphatic heterocycles. The number of rotatable bonds is 7. The number of nitrogens with zero attached hydrogens (tertiary/aromatic N) is 1. The van der Waals surface area contributed by atoms with E-state index in [1.54, 1.807) is 11.3 Å². The van der Waals surface area contributed by atoms with E-state index < -0.39 is 11.9 Å². The second-order valence-electron chi connectivity index (χ2n) is 8.09. The number of amides is 2. The van der Waals surface area contributed by atoms with E-state index >= 15 is 0 Å². The number of fused-ring (bicyclic) bond motifs is 1. The van der Waals surface area contributed by atoms with Crippen molar-refractivity contribution in [2.24, 2.45) is 11.5 Å². The summed E-state index contributed by atoms with van der Waals surface area (Å²) in [5.74, 6) is -0.278. The number of ether oxygens (including phenoxy) is 1. The summed E-state index contributed by atoms with van der Waals surface area (Å²) >= 11 is 1.58. The quantitative estimate of drug-likeness (QED) is 0.397. The molecule has 1 aliphatic carbocycles. The zero-order chi connectivity index (χ0) is 23.4. The van der Waals surface area contributed by atoms with Crippen molar-refractivity contribution in [1.29, 1.82) is 0 Å². The maximum absolute atomic E-state index is 12.2. The van der Waals surface area contributed by atoms with Crippen LogP contribution in [0.15, 0.2) is 48.0 Å². The molecule has 4 rings (SSSR count). The Morgan fingerprint density at radius 1 is 1.18 bits per heavy atom. The fraction of sp³-hybridized carbons (Fsp3) is 0.292. The predicted octanol–water partition coefficient (Wildman–Crippen LogP) is 2.68. The summed E-state index contributed by atoms with van der Waals surface area (Å²) in [6, 6.07) is 12.9. The van der Waals surface area contributed by atoms with Crippen LogP contribution < -0.4 is 27.1 Å². The zero-order valence-corrected chi connectivity index (χ0v) is 19.2. The number of carbonyl (C=O) groups excluding carboxylic acids is 2. The van der Waals surface area contributed by atoms with E-state index in [1.807, 2.05) is 54.9 Å². The number of hydrazine groups is 1. The molecule has 2 amide bonds. The summed E-state index contributed by atoms with van der Waals surface area (Å²) in [5, 5.41) is 0. The van der Waals surface area contributed by atoms with Crippen molar-refractivity contribution >= 4 is 23.2 Å². The highest BCUT2D eigenvalue weighted by molar-refractivity contribution is 7.13. The van der Waals surface area contributed by atoms with Gasteiger partial charge in [0.15, 0.2) is 6.61 Å². The third-order valence-corrected chi connectivity index (χ3v) is 6.68. The molecule has 9 heteroatoms. The number of thiazole rings is 1. The van der Waals surface area contributed by atoms with Gasteiger partial charge in [-0.2, -0.15) is 0 Å². The average Bonchev–Trinajstić information content (AvgIpc) is 3.41. The molecule has 0 fully saturated rings. The number of carbonyl (C=O) groups is 2. The Bertz CT molecular complexity index is 1150. The lowest BCUT2D eigenvalue weighted by atomic mass is 10.0. The Balaban J connectivity index is 1.21. The van der Waals surface area contributed by atoms with Crippen molar-refractivity contribution < 1.29 is 14.3 Å². The van der Waals surface area contributed by atoms with Gasteiger partial charge in [0.1, 0.15) is 5.75 Å². The largest absolute Gasteiger partial charge is 0.484 e. The van der Waals surface area contributed by atoms with E-state index in [1.165, 1.54) is 5.56 Å². The van der Waals surface area contributed by atoms with Gasteiger partial charge in [-0.15, -0.1) is 11.3 Å². The van der Waals surface area contributed by atoms with Gasteiger partial charge in [-0.1, -0.05) is 30.3 Å². The van der Waals surface area contributed by atoms with Crippen LogP contribution in [0.1, 0.15) is 47.3 Å². The van der Waals surface area contributed by atoms with Gasteiger partial charge < -0.3 is 16.2 Å². The Kier molecular flexibility index (Phi) is 7.02. The van der Waals surface area contributed by atoms with Crippen molar-refractivity contribution in [3.05, 3.63) is 70.4 Å². The van der Waals surface area contributed by atoms with Crippen LogP contribution >= 0.6 is 11.3 Å². The molecule has 1 aromatic heterocycles. The summed E-state index contributed by atoms with van der Waals surface area (Å²) in [5.41, 5.74) is 24.0. The van der Waals surface area contributed by atoms with Gasteiger partial charge in [0.05, 0.1) is 16.1 Å². The molecule has 0 saturated heterocycles. The van der Waals surface area contributed by atoms with E-state index in [2.05, 4.69) is 15.8 Å². The van der Waals surface area contributed by atoms with Crippen LogP contribution in [0.5, 0.6) is 5.75 Å². The molecular weight excluding hydrogens is 438 g/mol. The van der Waals surface area contributed by atoms with Crippen LogP contribution in [-0.4, -0.2) is 23.4 Å². The summed E-state index contributed by atoms with van der Waals surface area (Å²) in [7, 11) is 0. The molecule has 8 nitrogen and oxygen atoms in total. The summed E-state index contributed by atoms with van der Waals surface area (Å²) in [6.45, 7) is 1.75. The smallest absolute Gasteiger partial charge is 0.276 e. The molecule has 33 heavy (non-hydrogen) atoms. The molecule has 0 spiro atoms. The molecule has 172 valence electrons. The van der Waals surface area contributed by atoms with Gasteiger partial charge in [-0.3, -0.25) is 20.4 Å². The molecule has 6 N–H and O–H groups in total. The number of aryl methyl sites for hydroxylation is 2. The van der Waals surface area contributed by atoms with Gasteiger partial charge in [0, 0.05) is 18.5 Å². The van der Waals surface area contributed by atoms with E-state index in [9.17, 15) is 9.59 Å². The molecule has 1 heterocycles. The first-order chi connectivity index (χ1) is 15.9. The van der Waals surface area contributed by atoms with E-state index in [4.69, 9.17) is 16.2 Å². The second-order valence-corrected chi connectivity index (χ2v) is 8.95. The van der Waals surface area contributed by atoms with Crippen LogP contribution in [0.2, 0.25) is 0 Å². The van der Waals surface area contributed by atoms with Gasteiger partial charge in [0.2, 0.25) is 5.91 Å². The van der Waals surface area contributed by atoms with Crippen LogP contribution in [0.25, 0.3) is 10.4 Å². The lowest BCUT2D eigenvalue weighted by molar-refractivity contribution is -0.130. The second kappa shape index (κ2) is 10.1. The van der Waals surface area contributed by atoms with Crippen LogP contribution in [0, 0.1) is 6.92 Å². The topological polar surface area (TPSA) is 132 Å². The number of benzene rings is 2. The average molecular weight is 466 g/mol. The highest BCUT2D eigenvalue weighted by atomic mass is 32.1. The van der Waals surface area contributed by atoms with Crippen LogP contribution in [0.4, 0.5) is 0 Å². The summed E-state index contributed by atoms with van der Waals surface area (Å²) < 4.78 is 5.53. The third-order valence-electron chi connectivity index (χ3n) is 5.70. The molecule has 0 radical (unpaired) electrons. The predicted molar refractivity (Wildman–Crippen MR) is 127 cm³/mol. The minimum atomic E-state index is -0.495. The Hall–Kier alpha value is -3.27. The first-order valence-electron chi connectivity index (χ1n) is 10.8. The third kappa shape index (κ3) is 5.57. The van der Waals surface area contributed by atoms with Crippen molar-refractivity contribution in [3.63, 3.8) is 0 Å². The molecule has 0 saturated carbocycles. The number of nitrogens with one attached hydrogen (secondary N) is 2. The molecular formula is C24H27N5O3S. The first kappa shape index (κ1) is 22.9. The number of nitrogens with two attached hydrogens (primary N) is 2. The standard InChI is InChI=1S/C24H27N5O3S/c1-14-24(33-13-27-14)17-4-2-16(3-5-17)21(26)11-22(30)28-29-23(31)12-32-18-8-6-15-7-9-20(25)19(15)10-18/h2-6,8,10,13,20-21H,7,9,11-12,25-26H2,1H3,(H,28,30)(H,29,31)/t20-,21+/m1/s1. The van der Waals surface area contributed by atoms with Gasteiger partial charge >= 0.3 is 0 Å². The minimum absolute atomic E-state index is 0.00824. The minimum Gasteiger partial charge on any atom is -0.484 e. The Morgan fingerprint density at radius 2 is 1.94 bits per heavy atom. The normalized spacial score (nSPS) is 15.5. The fourth-order valence-corrected chi connectivity index (χ4v) is 4.67. The van der Waals surface area contributed by atoms with Gasteiger partial charge in [-0.25, -0.2) is 4.98 Å².